The zero-order chi connectivity index (χ0) is 26.6. The summed E-state index contributed by atoms with van der Waals surface area (Å²) >= 11 is 0. The topological polar surface area (TPSA) is 74.9 Å². The van der Waals surface area contributed by atoms with E-state index in [0.717, 1.165) is 83.5 Å². The predicted molar refractivity (Wildman–Crippen MR) is 145 cm³/mol. The molecule has 2 aromatic rings. The number of aromatic amines is 1. The average molecular weight is 508 g/mol. The molecule has 1 N–H and O–H groups in total. The molecule has 0 spiro atoms. The number of amides is 1. The molecule has 1 aliphatic carbocycles. The number of hydrogen-bond acceptors (Lipinski definition) is 5. The normalized spacial score (nSPS) is 25.1. The third-order valence-electron chi connectivity index (χ3n) is 8.97. The fraction of sp³-hybridized carbons (Fsp3) is 0.600. The van der Waals surface area contributed by atoms with Crippen LogP contribution in [0.15, 0.2) is 10.9 Å². The number of aromatic nitrogens is 1. The largest absolute Gasteiger partial charge is 0.448 e. The van der Waals surface area contributed by atoms with Crippen LogP contribution in [0.1, 0.15) is 83.4 Å². The van der Waals surface area contributed by atoms with Crippen LogP contribution in [0, 0.1) is 26.7 Å². The van der Waals surface area contributed by atoms with Gasteiger partial charge in [-0.2, -0.15) is 0 Å². The molecule has 2 aliphatic heterocycles. The Kier molecular flexibility index (Phi) is 6.63. The second-order valence-corrected chi connectivity index (χ2v) is 11.6. The van der Waals surface area contributed by atoms with Gasteiger partial charge >= 0.3 is 0 Å². The molecule has 7 heteroatoms. The Morgan fingerprint density at radius 1 is 1.05 bits per heavy atom. The summed E-state index contributed by atoms with van der Waals surface area (Å²) in [6.45, 7) is 10.9. The number of pyridine rings is 1. The van der Waals surface area contributed by atoms with Gasteiger partial charge in [0.15, 0.2) is 11.5 Å². The quantitative estimate of drug-likeness (QED) is 0.637. The SMILES string of the molecule is CCc1c2c(c(C)c3c1OC(C)(C1CCC(N(C)C)CC1)O3)C(=O)N(Cc1c(C)cc(C)[nH]c1=O)CC2. The molecular weight excluding hydrogens is 466 g/mol. The summed E-state index contributed by atoms with van der Waals surface area (Å²) in [5.41, 5.74) is 6.04. The summed E-state index contributed by atoms with van der Waals surface area (Å²) in [6.07, 6.45) is 5.92. The monoisotopic (exact) mass is 507 g/mol. The molecule has 1 saturated carbocycles. The van der Waals surface area contributed by atoms with E-state index in [1.54, 1.807) is 0 Å². The smallest absolute Gasteiger partial charge is 0.254 e. The lowest BCUT2D eigenvalue weighted by Crippen LogP contribution is -2.46. The maximum atomic E-state index is 13.9. The summed E-state index contributed by atoms with van der Waals surface area (Å²) in [5, 5.41) is 0. The molecule has 1 fully saturated rings. The van der Waals surface area contributed by atoms with Crippen LogP contribution in [-0.2, 0) is 19.4 Å². The van der Waals surface area contributed by atoms with E-state index in [9.17, 15) is 9.59 Å². The number of benzene rings is 1. The van der Waals surface area contributed by atoms with Gasteiger partial charge < -0.3 is 24.3 Å². The van der Waals surface area contributed by atoms with E-state index >= 15 is 0 Å². The van der Waals surface area contributed by atoms with Crippen molar-refractivity contribution < 1.29 is 14.3 Å². The zero-order valence-electron chi connectivity index (χ0n) is 23.4. The van der Waals surface area contributed by atoms with Gasteiger partial charge in [0.2, 0.25) is 0 Å². The first-order valence-electron chi connectivity index (χ1n) is 13.8. The predicted octanol–water partition coefficient (Wildman–Crippen LogP) is 4.67. The molecule has 3 heterocycles. The lowest BCUT2D eigenvalue weighted by atomic mass is 9.81. The Hall–Kier alpha value is -2.80. The molecule has 5 rings (SSSR count). The maximum Gasteiger partial charge on any atom is 0.254 e. The van der Waals surface area contributed by atoms with Crippen LogP contribution in [0.5, 0.6) is 11.5 Å². The fourth-order valence-electron chi connectivity index (χ4n) is 6.74. The van der Waals surface area contributed by atoms with Crippen LogP contribution in [0.25, 0.3) is 0 Å². The Labute approximate surface area is 220 Å². The van der Waals surface area contributed by atoms with E-state index in [-0.39, 0.29) is 11.5 Å². The number of nitrogens with zero attached hydrogens (tertiary/aromatic N) is 2. The molecule has 0 saturated heterocycles. The molecule has 0 radical (unpaired) electrons. The summed E-state index contributed by atoms with van der Waals surface area (Å²) in [7, 11) is 4.31. The highest BCUT2D eigenvalue weighted by Gasteiger charge is 2.48. The lowest BCUT2D eigenvalue weighted by molar-refractivity contribution is -0.123. The molecule has 7 nitrogen and oxygen atoms in total. The second kappa shape index (κ2) is 9.50. The van der Waals surface area contributed by atoms with E-state index in [1.807, 2.05) is 31.7 Å². The van der Waals surface area contributed by atoms with Crippen molar-refractivity contribution in [2.24, 2.45) is 5.92 Å². The van der Waals surface area contributed by atoms with Gasteiger partial charge in [-0.3, -0.25) is 9.59 Å². The number of H-pyrrole nitrogens is 1. The van der Waals surface area contributed by atoms with Gasteiger partial charge in [0.1, 0.15) is 0 Å². The highest BCUT2D eigenvalue weighted by Crippen LogP contribution is 2.52. The standard InChI is InChI=1S/C30H41N3O4/c1-8-22-23-13-14-33(16-24-17(2)15-18(3)31-28(24)34)29(35)25(23)19(4)26-27(22)37-30(5,36-26)20-9-11-21(12-10-20)32(6)7/h15,20-21H,8-14,16H2,1-7H3,(H,31,34). The Morgan fingerprint density at radius 2 is 1.73 bits per heavy atom. The van der Waals surface area contributed by atoms with Gasteiger partial charge in [-0.15, -0.1) is 0 Å². The first-order valence-corrected chi connectivity index (χ1v) is 13.8. The third-order valence-corrected chi connectivity index (χ3v) is 8.97. The van der Waals surface area contributed by atoms with E-state index in [2.05, 4.69) is 37.8 Å². The number of hydrogen-bond donors (Lipinski definition) is 1. The summed E-state index contributed by atoms with van der Waals surface area (Å²) in [5.74, 6) is 1.13. The minimum atomic E-state index is -0.715. The number of fused-ring (bicyclic) bond motifs is 2. The molecule has 0 bridgehead atoms. The Morgan fingerprint density at radius 3 is 2.35 bits per heavy atom. The van der Waals surface area contributed by atoms with Gasteiger partial charge in [0.05, 0.1) is 6.54 Å². The van der Waals surface area contributed by atoms with Crippen molar-refractivity contribution >= 4 is 5.91 Å². The molecule has 1 amide bonds. The first kappa shape index (κ1) is 25.8. The number of nitrogens with one attached hydrogen (secondary N) is 1. The van der Waals surface area contributed by atoms with Crippen molar-refractivity contribution in [1.82, 2.24) is 14.8 Å². The molecule has 1 unspecified atom stereocenters. The highest BCUT2D eigenvalue weighted by atomic mass is 16.7. The average Bonchev–Trinajstić information content (AvgIpc) is 3.21. The van der Waals surface area contributed by atoms with E-state index < -0.39 is 5.79 Å². The van der Waals surface area contributed by atoms with Crippen LogP contribution in [0.2, 0.25) is 0 Å². The maximum absolute atomic E-state index is 13.9. The third kappa shape index (κ3) is 4.35. The number of ether oxygens (including phenoxy) is 2. The number of rotatable bonds is 5. The van der Waals surface area contributed by atoms with Gasteiger partial charge in [0, 0.05) is 53.4 Å². The fourth-order valence-corrected chi connectivity index (χ4v) is 6.74. The Bertz CT molecular complexity index is 1290. The van der Waals surface area contributed by atoms with Gasteiger partial charge in [-0.25, -0.2) is 0 Å². The number of carbonyl (C=O) groups excluding carboxylic acids is 1. The molecular formula is C30H41N3O4. The number of aryl methyl sites for hydroxylation is 2. The van der Waals surface area contributed by atoms with Crippen molar-refractivity contribution in [1.29, 1.82) is 0 Å². The minimum Gasteiger partial charge on any atom is -0.448 e. The van der Waals surface area contributed by atoms with Gasteiger partial charge in [-0.1, -0.05) is 6.92 Å². The zero-order valence-corrected chi connectivity index (χ0v) is 23.4. The van der Waals surface area contributed by atoms with Crippen molar-refractivity contribution in [3.8, 4) is 11.5 Å². The van der Waals surface area contributed by atoms with E-state index in [0.29, 0.717) is 30.6 Å². The molecule has 3 aliphatic rings. The van der Waals surface area contributed by atoms with Crippen LogP contribution in [0.3, 0.4) is 0 Å². The Balaban J connectivity index is 1.46. The van der Waals surface area contributed by atoms with Crippen molar-refractivity contribution in [3.63, 3.8) is 0 Å². The van der Waals surface area contributed by atoms with E-state index in [4.69, 9.17) is 9.47 Å². The summed E-state index contributed by atoms with van der Waals surface area (Å²) in [4.78, 5) is 33.5. The van der Waals surface area contributed by atoms with Crippen molar-refractivity contribution in [2.45, 2.75) is 91.5 Å². The molecule has 37 heavy (non-hydrogen) atoms. The molecule has 1 atom stereocenters. The molecule has 1 aromatic carbocycles. The molecule has 200 valence electrons. The van der Waals surface area contributed by atoms with Crippen LogP contribution >= 0.6 is 0 Å². The first-order chi connectivity index (χ1) is 17.5. The summed E-state index contributed by atoms with van der Waals surface area (Å²) < 4.78 is 13.4. The van der Waals surface area contributed by atoms with Gasteiger partial charge in [0.25, 0.3) is 17.3 Å². The van der Waals surface area contributed by atoms with Gasteiger partial charge in [-0.05, 0) is 90.6 Å². The van der Waals surface area contributed by atoms with Crippen LogP contribution in [-0.4, -0.2) is 53.2 Å². The van der Waals surface area contributed by atoms with Crippen LogP contribution in [0.4, 0.5) is 0 Å². The highest BCUT2D eigenvalue weighted by molar-refractivity contribution is 6.00. The van der Waals surface area contributed by atoms with Crippen LogP contribution < -0.4 is 15.0 Å². The van der Waals surface area contributed by atoms with Crippen molar-refractivity contribution in [3.05, 3.63) is 55.5 Å². The second-order valence-electron chi connectivity index (χ2n) is 11.6. The van der Waals surface area contributed by atoms with Crippen molar-refractivity contribution in [2.75, 3.05) is 20.6 Å². The summed E-state index contributed by atoms with van der Waals surface area (Å²) in [6, 6.07) is 2.57. The lowest BCUT2D eigenvalue weighted by Gasteiger charge is -2.39. The number of carbonyl (C=O) groups is 1. The minimum absolute atomic E-state index is 0.0284. The molecule has 1 aromatic heterocycles. The van der Waals surface area contributed by atoms with E-state index in [1.165, 1.54) is 0 Å².